The molecule has 128 valence electrons. The van der Waals surface area contributed by atoms with Gasteiger partial charge in [0.1, 0.15) is 0 Å². The molecule has 0 fully saturated rings. The van der Waals surface area contributed by atoms with Gasteiger partial charge in [-0.3, -0.25) is 25.3 Å². The lowest BCUT2D eigenvalue weighted by Gasteiger charge is -2.19. The first kappa shape index (κ1) is 18.2. The van der Waals surface area contributed by atoms with E-state index in [1.165, 1.54) is 4.88 Å². The molecule has 2 amide bonds. The van der Waals surface area contributed by atoms with Crippen LogP contribution in [0.15, 0.2) is 41.8 Å². The monoisotopic (exact) mass is 345 g/mol. The van der Waals surface area contributed by atoms with Crippen molar-refractivity contribution in [2.75, 3.05) is 19.6 Å². The summed E-state index contributed by atoms with van der Waals surface area (Å²) in [5, 5.41) is 2.05. The average molecular weight is 345 g/mol. The molecule has 0 radical (unpaired) electrons. The third-order valence-electron chi connectivity index (χ3n) is 3.66. The van der Waals surface area contributed by atoms with Crippen molar-refractivity contribution in [3.63, 3.8) is 0 Å². The first-order chi connectivity index (χ1) is 11.6. The smallest absolute Gasteiger partial charge is 0.269 e. The molecule has 6 heteroatoms. The van der Waals surface area contributed by atoms with Gasteiger partial charge >= 0.3 is 0 Å². The highest BCUT2D eigenvalue weighted by Crippen LogP contribution is 2.09. The van der Waals surface area contributed by atoms with Crippen LogP contribution in [-0.4, -0.2) is 36.3 Å². The molecule has 0 spiro atoms. The first-order valence-corrected chi connectivity index (χ1v) is 8.87. The molecule has 0 bridgehead atoms. The van der Waals surface area contributed by atoms with Crippen molar-refractivity contribution in [2.24, 2.45) is 0 Å². The summed E-state index contributed by atoms with van der Waals surface area (Å²) in [6, 6.07) is 11.4. The number of thiophene rings is 1. The lowest BCUT2D eigenvalue weighted by molar-refractivity contribution is -0.123. The van der Waals surface area contributed by atoms with Crippen molar-refractivity contribution < 1.29 is 9.59 Å². The highest BCUT2D eigenvalue weighted by molar-refractivity contribution is 7.09. The molecule has 0 aliphatic carbocycles. The van der Waals surface area contributed by atoms with E-state index in [0.29, 0.717) is 5.56 Å². The zero-order chi connectivity index (χ0) is 17.4. The van der Waals surface area contributed by atoms with Gasteiger partial charge in [0.05, 0.1) is 6.54 Å². The molecule has 0 saturated heterocycles. The number of hydrogen-bond acceptors (Lipinski definition) is 4. The quantitative estimate of drug-likeness (QED) is 0.758. The van der Waals surface area contributed by atoms with Crippen molar-refractivity contribution in [1.29, 1.82) is 0 Å². The molecule has 0 aliphatic rings. The number of benzene rings is 1. The highest BCUT2D eigenvalue weighted by Gasteiger charge is 2.11. The van der Waals surface area contributed by atoms with Crippen molar-refractivity contribution in [3.05, 3.63) is 57.8 Å². The number of nitrogens with one attached hydrogen (secondary N) is 2. The molecule has 0 saturated carbocycles. The Morgan fingerprint density at radius 1 is 1.17 bits per heavy atom. The van der Waals surface area contributed by atoms with E-state index in [-0.39, 0.29) is 18.4 Å². The summed E-state index contributed by atoms with van der Waals surface area (Å²) in [7, 11) is 0. The summed E-state index contributed by atoms with van der Waals surface area (Å²) < 4.78 is 0. The van der Waals surface area contributed by atoms with Crippen molar-refractivity contribution >= 4 is 23.2 Å². The van der Waals surface area contributed by atoms with E-state index in [1.54, 1.807) is 23.5 Å². The molecule has 2 aromatic rings. The van der Waals surface area contributed by atoms with Gasteiger partial charge in [-0.2, -0.15) is 0 Å². The van der Waals surface area contributed by atoms with Crippen LogP contribution in [0, 0.1) is 6.92 Å². The van der Waals surface area contributed by atoms with E-state index in [4.69, 9.17) is 0 Å². The Morgan fingerprint density at radius 3 is 2.67 bits per heavy atom. The Bertz CT molecular complexity index is 671. The lowest BCUT2D eigenvalue weighted by Crippen LogP contribution is -2.46. The number of likely N-dealkylation sites (N-methyl/N-ethyl adjacent to an activating group) is 1. The minimum absolute atomic E-state index is 0.218. The Balaban J connectivity index is 1.75. The third kappa shape index (κ3) is 5.79. The molecule has 2 N–H and O–H groups in total. The lowest BCUT2D eigenvalue weighted by atomic mass is 10.1. The van der Waals surface area contributed by atoms with Crippen LogP contribution in [-0.2, 0) is 11.2 Å². The maximum absolute atomic E-state index is 12.0. The number of carbonyl (C=O) groups is 2. The van der Waals surface area contributed by atoms with Gasteiger partial charge < -0.3 is 0 Å². The molecule has 1 heterocycles. The third-order valence-corrected chi connectivity index (χ3v) is 4.60. The van der Waals surface area contributed by atoms with Gasteiger partial charge in [0, 0.05) is 17.0 Å². The molecule has 0 unspecified atom stereocenters. The summed E-state index contributed by atoms with van der Waals surface area (Å²) in [5.41, 5.74) is 6.47. The molecule has 24 heavy (non-hydrogen) atoms. The fourth-order valence-electron chi connectivity index (χ4n) is 2.30. The zero-order valence-electron chi connectivity index (χ0n) is 14.0. The SMILES string of the molecule is CCN(CCc1cccs1)CC(=O)NNC(=O)c1cccc(C)c1. The normalized spacial score (nSPS) is 10.6. The van der Waals surface area contributed by atoms with Crippen LogP contribution in [0.5, 0.6) is 0 Å². The van der Waals surface area contributed by atoms with Gasteiger partial charge in [0.25, 0.3) is 11.8 Å². The largest absolute Gasteiger partial charge is 0.294 e. The zero-order valence-corrected chi connectivity index (χ0v) is 14.9. The van der Waals surface area contributed by atoms with Crippen LogP contribution in [0.1, 0.15) is 27.7 Å². The minimum Gasteiger partial charge on any atom is -0.294 e. The van der Waals surface area contributed by atoms with Crippen LogP contribution >= 0.6 is 11.3 Å². The molecule has 0 aliphatic heterocycles. The number of amides is 2. The van der Waals surface area contributed by atoms with E-state index in [1.807, 2.05) is 36.9 Å². The topological polar surface area (TPSA) is 61.4 Å². The Labute approximate surface area is 146 Å². The molecular formula is C18H23N3O2S. The van der Waals surface area contributed by atoms with Gasteiger partial charge in [0.2, 0.25) is 0 Å². The number of carbonyl (C=O) groups excluding carboxylic acids is 2. The molecular weight excluding hydrogens is 322 g/mol. The number of hydrazine groups is 1. The van der Waals surface area contributed by atoms with Gasteiger partial charge in [-0.15, -0.1) is 11.3 Å². The Morgan fingerprint density at radius 2 is 2.00 bits per heavy atom. The van der Waals surface area contributed by atoms with Crippen LogP contribution < -0.4 is 10.9 Å². The number of rotatable bonds is 7. The van der Waals surface area contributed by atoms with Gasteiger partial charge in [-0.05, 0) is 43.5 Å². The number of hydrogen-bond donors (Lipinski definition) is 2. The summed E-state index contributed by atoms with van der Waals surface area (Å²) >= 11 is 1.72. The summed E-state index contributed by atoms with van der Waals surface area (Å²) in [4.78, 5) is 27.4. The second-order valence-electron chi connectivity index (χ2n) is 5.57. The Kier molecular flexibility index (Phi) is 6.96. The molecule has 0 atom stereocenters. The molecule has 1 aromatic heterocycles. The van der Waals surface area contributed by atoms with Gasteiger partial charge in [-0.1, -0.05) is 30.7 Å². The van der Waals surface area contributed by atoms with Crippen LogP contribution in [0.4, 0.5) is 0 Å². The van der Waals surface area contributed by atoms with E-state index in [0.717, 1.165) is 25.1 Å². The van der Waals surface area contributed by atoms with Crippen LogP contribution in [0.3, 0.4) is 0 Å². The maximum atomic E-state index is 12.0. The second kappa shape index (κ2) is 9.20. The highest BCUT2D eigenvalue weighted by atomic mass is 32.1. The second-order valence-corrected chi connectivity index (χ2v) is 6.60. The van der Waals surface area contributed by atoms with Crippen LogP contribution in [0.25, 0.3) is 0 Å². The van der Waals surface area contributed by atoms with Crippen molar-refractivity contribution in [1.82, 2.24) is 15.8 Å². The molecule has 5 nitrogen and oxygen atoms in total. The van der Waals surface area contributed by atoms with Gasteiger partial charge in [0.15, 0.2) is 0 Å². The van der Waals surface area contributed by atoms with Crippen molar-refractivity contribution in [2.45, 2.75) is 20.3 Å². The fraction of sp³-hybridized carbons (Fsp3) is 0.333. The van der Waals surface area contributed by atoms with Crippen molar-refractivity contribution in [3.8, 4) is 0 Å². The average Bonchev–Trinajstić information content (AvgIpc) is 3.10. The Hall–Kier alpha value is -2.18. The predicted octanol–water partition coefficient (Wildman–Crippen LogP) is 2.38. The first-order valence-electron chi connectivity index (χ1n) is 7.99. The standard InChI is InChI=1S/C18H23N3O2S/c1-3-21(10-9-16-8-5-11-24-16)13-17(22)19-20-18(23)15-7-4-6-14(2)12-15/h4-8,11-12H,3,9-10,13H2,1-2H3,(H,19,22)(H,20,23). The maximum Gasteiger partial charge on any atom is 0.269 e. The summed E-state index contributed by atoms with van der Waals surface area (Å²) in [6.07, 6.45) is 0.925. The van der Waals surface area contributed by atoms with Crippen LogP contribution in [0.2, 0.25) is 0 Å². The van der Waals surface area contributed by atoms with E-state index >= 15 is 0 Å². The summed E-state index contributed by atoms with van der Waals surface area (Å²) in [5.74, 6) is -0.530. The minimum atomic E-state index is -0.311. The van der Waals surface area contributed by atoms with E-state index in [2.05, 4.69) is 22.3 Å². The molecule has 1 aromatic carbocycles. The van der Waals surface area contributed by atoms with E-state index < -0.39 is 0 Å². The predicted molar refractivity (Wildman–Crippen MR) is 96.9 cm³/mol. The number of nitrogens with zero attached hydrogens (tertiary/aromatic N) is 1. The fourth-order valence-corrected chi connectivity index (χ4v) is 3.00. The summed E-state index contributed by atoms with van der Waals surface area (Å²) in [6.45, 7) is 5.80. The van der Waals surface area contributed by atoms with Gasteiger partial charge in [-0.25, -0.2) is 0 Å². The molecule has 2 rings (SSSR count). The van der Waals surface area contributed by atoms with E-state index in [9.17, 15) is 9.59 Å². The number of aryl methyl sites for hydroxylation is 1.